The molecule has 1 unspecified atom stereocenters. The summed E-state index contributed by atoms with van der Waals surface area (Å²) < 4.78 is 0. The van der Waals surface area contributed by atoms with Crippen LogP contribution in [0.4, 0.5) is 0 Å². The molecule has 58 valence electrons. The zero-order valence-corrected chi connectivity index (χ0v) is 6.34. The van der Waals surface area contributed by atoms with Crippen LogP contribution < -0.4 is 0 Å². The summed E-state index contributed by atoms with van der Waals surface area (Å²) in [5, 5.41) is 9.32. The highest BCUT2D eigenvalue weighted by Gasteiger charge is 2.26. The molecule has 1 saturated carbocycles. The summed E-state index contributed by atoms with van der Waals surface area (Å²) in [4.78, 5) is 10.8. The Hall–Kier alpha value is -0.370. The Morgan fingerprint density at radius 1 is 1.80 bits per heavy atom. The fraction of sp³-hybridized carbons (Fsp3) is 0.875. The summed E-state index contributed by atoms with van der Waals surface area (Å²) in [5.41, 5.74) is 0. The molecule has 0 radical (unpaired) electrons. The van der Waals surface area contributed by atoms with Gasteiger partial charge in [0.2, 0.25) is 0 Å². The first-order valence-corrected chi connectivity index (χ1v) is 3.93. The van der Waals surface area contributed by atoms with Gasteiger partial charge in [0.25, 0.3) is 0 Å². The Kier molecular flexibility index (Phi) is 2.44. The maximum Gasteiger partial charge on any atom is 0.133 e. The maximum absolute atomic E-state index is 10.8. The highest BCUT2D eigenvalue weighted by molar-refractivity contribution is 5.80. The molecule has 0 aromatic carbocycles. The van der Waals surface area contributed by atoms with Gasteiger partial charge in [-0.3, -0.25) is 4.79 Å². The summed E-state index contributed by atoms with van der Waals surface area (Å²) in [7, 11) is 0. The number of Topliss-reactive ketones (excluding diaryl/α,β-unsaturated/α-hetero) is 1. The third-order valence-electron chi connectivity index (χ3n) is 2.25. The topological polar surface area (TPSA) is 37.3 Å². The molecule has 1 aliphatic carbocycles. The maximum atomic E-state index is 10.8. The predicted octanol–water partition coefficient (Wildman–Crippen LogP) is 1.13. The molecule has 1 aliphatic rings. The zero-order chi connectivity index (χ0) is 7.56. The van der Waals surface area contributed by atoms with Crippen molar-refractivity contribution in [2.45, 2.75) is 38.7 Å². The first kappa shape index (κ1) is 7.73. The molecule has 0 bridgehead atoms. The highest BCUT2D eigenvalue weighted by Crippen LogP contribution is 2.26. The molecule has 2 nitrogen and oxygen atoms in total. The van der Waals surface area contributed by atoms with Gasteiger partial charge in [-0.1, -0.05) is 6.92 Å². The highest BCUT2D eigenvalue weighted by atomic mass is 16.3. The van der Waals surface area contributed by atoms with Crippen LogP contribution >= 0.6 is 0 Å². The first-order chi connectivity index (χ1) is 4.74. The van der Waals surface area contributed by atoms with Gasteiger partial charge < -0.3 is 5.11 Å². The van der Waals surface area contributed by atoms with Crippen LogP contribution in [0.5, 0.6) is 0 Å². The second-order valence-corrected chi connectivity index (χ2v) is 3.02. The average molecular weight is 142 g/mol. The molecule has 10 heavy (non-hydrogen) atoms. The lowest BCUT2D eigenvalue weighted by molar-refractivity contribution is -0.117. The van der Waals surface area contributed by atoms with Crippen LogP contribution in [-0.2, 0) is 4.79 Å². The Morgan fingerprint density at radius 2 is 2.50 bits per heavy atom. The van der Waals surface area contributed by atoms with E-state index in [2.05, 4.69) is 0 Å². The summed E-state index contributed by atoms with van der Waals surface area (Å²) >= 11 is 0. The van der Waals surface area contributed by atoms with Crippen LogP contribution in [0.1, 0.15) is 32.6 Å². The van der Waals surface area contributed by atoms with E-state index in [1.807, 2.05) is 6.92 Å². The summed E-state index contributed by atoms with van der Waals surface area (Å²) in [5.74, 6) is 0.579. The van der Waals surface area contributed by atoms with Crippen LogP contribution in [-0.4, -0.2) is 17.0 Å². The van der Waals surface area contributed by atoms with Crippen molar-refractivity contribution in [3.63, 3.8) is 0 Å². The van der Waals surface area contributed by atoms with Crippen LogP contribution in [0, 0.1) is 5.92 Å². The molecular weight excluding hydrogens is 128 g/mol. The number of carbonyl (C=O) groups excluding carboxylic acids is 1. The van der Waals surface area contributed by atoms with Gasteiger partial charge in [-0.05, 0) is 18.8 Å². The van der Waals surface area contributed by atoms with Gasteiger partial charge >= 0.3 is 0 Å². The Morgan fingerprint density at radius 3 is 2.90 bits per heavy atom. The van der Waals surface area contributed by atoms with Gasteiger partial charge in [0.05, 0.1) is 6.10 Å². The number of hydrogen-bond donors (Lipinski definition) is 1. The standard InChI is InChI=1S/C8H14O2/c1-2-8(10)6-3-4-7(9)5-6/h6,8,10H,2-5H2,1H3/t6-,8?/m0/s1. The second kappa shape index (κ2) is 3.15. The molecule has 0 aromatic heterocycles. The summed E-state index contributed by atoms with van der Waals surface area (Å²) in [6, 6.07) is 0. The van der Waals surface area contributed by atoms with E-state index in [-0.39, 0.29) is 12.0 Å². The molecule has 1 rings (SSSR count). The smallest absolute Gasteiger partial charge is 0.133 e. The number of rotatable bonds is 2. The van der Waals surface area contributed by atoms with E-state index >= 15 is 0 Å². The van der Waals surface area contributed by atoms with Crippen LogP contribution in [0.15, 0.2) is 0 Å². The predicted molar refractivity (Wildman–Crippen MR) is 38.6 cm³/mol. The SMILES string of the molecule is CCC(O)[C@H]1CCC(=O)C1. The van der Waals surface area contributed by atoms with Crippen molar-refractivity contribution in [3.05, 3.63) is 0 Å². The summed E-state index contributed by atoms with van der Waals surface area (Å²) in [6.07, 6.45) is 2.72. The minimum atomic E-state index is -0.244. The van der Waals surface area contributed by atoms with E-state index in [1.165, 1.54) is 0 Å². The molecule has 0 heterocycles. The molecule has 0 spiro atoms. The van der Waals surface area contributed by atoms with Crippen molar-refractivity contribution in [2.75, 3.05) is 0 Å². The average Bonchev–Trinajstić information content (AvgIpc) is 2.34. The third kappa shape index (κ3) is 1.57. The van der Waals surface area contributed by atoms with Crippen LogP contribution in [0.3, 0.4) is 0 Å². The van der Waals surface area contributed by atoms with E-state index in [0.29, 0.717) is 18.6 Å². The molecule has 1 N–H and O–H groups in total. The number of ketones is 1. The van der Waals surface area contributed by atoms with Gasteiger partial charge in [0, 0.05) is 12.8 Å². The minimum Gasteiger partial charge on any atom is -0.393 e. The third-order valence-corrected chi connectivity index (χ3v) is 2.25. The van der Waals surface area contributed by atoms with E-state index in [4.69, 9.17) is 0 Å². The summed E-state index contributed by atoms with van der Waals surface area (Å²) in [6.45, 7) is 1.95. The van der Waals surface area contributed by atoms with Gasteiger partial charge in [0.15, 0.2) is 0 Å². The first-order valence-electron chi connectivity index (χ1n) is 3.93. The van der Waals surface area contributed by atoms with Crippen molar-refractivity contribution >= 4 is 5.78 Å². The lowest BCUT2D eigenvalue weighted by Gasteiger charge is -2.13. The van der Waals surface area contributed by atoms with E-state index in [9.17, 15) is 9.90 Å². The number of hydrogen-bond acceptors (Lipinski definition) is 2. The number of aliphatic hydroxyl groups is 1. The van der Waals surface area contributed by atoms with Crippen molar-refractivity contribution in [3.8, 4) is 0 Å². The van der Waals surface area contributed by atoms with Crippen molar-refractivity contribution < 1.29 is 9.90 Å². The second-order valence-electron chi connectivity index (χ2n) is 3.02. The van der Waals surface area contributed by atoms with Gasteiger partial charge in [-0.25, -0.2) is 0 Å². The fourth-order valence-electron chi connectivity index (χ4n) is 1.50. The van der Waals surface area contributed by atoms with Crippen molar-refractivity contribution in [1.82, 2.24) is 0 Å². The van der Waals surface area contributed by atoms with Gasteiger partial charge in [-0.15, -0.1) is 0 Å². The Labute approximate surface area is 61.2 Å². The normalized spacial score (nSPS) is 29.0. The van der Waals surface area contributed by atoms with Crippen LogP contribution in [0.25, 0.3) is 0 Å². The Bertz CT molecular complexity index is 131. The zero-order valence-electron chi connectivity index (χ0n) is 6.34. The molecule has 1 fully saturated rings. The van der Waals surface area contributed by atoms with Crippen LogP contribution in [0.2, 0.25) is 0 Å². The lowest BCUT2D eigenvalue weighted by atomic mass is 9.99. The number of aliphatic hydroxyl groups excluding tert-OH is 1. The molecule has 0 aromatic rings. The van der Waals surface area contributed by atoms with Gasteiger partial charge in [-0.2, -0.15) is 0 Å². The molecular formula is C8H14O2. The molecule has 2 heteroatoms. The van der Waals surface area contributed by atoms with Crippen molar-refractivity contribution in [2.24, 2.45) is 5.92 Å². The lowest BCUT2D eigenvalue weighted by Crippen LogP contribution is -2.16. The molecule has 2 atom stereocenters. The van der Waals surface area contributed by atoms with E-state index in [1.54, 1.807) is 0 Å². The molecule has 0 amide bonds. The Balaban J connectivity index is 2.36. The van der Waals surface area contributed by atoms with E-state index in [0.717, 1.165) is 12.8 Å². The minimum absolute atomic E-state index is 0.244. The van der Waals surface area contributed by atoms with Crippen molar-refractivity contribution in [1.29, 1.82) is 0 Å². The largest absolute Gasteiger partial charge is 0.393 e. The van der Waals surface area contributed by atoms with E-state index < -0.39 is 0 Å². The number of carbonyl (C=O) groups is 1. The molecule has 0 aliphatic heterocycles. The fourth-order valence-corrected chi connectivity index (χ4v) is 1.50. The molecule has 0 saturated heterocycles. The quantitative estimate of drug-likeness (QED) is 0.627. The monoisotopic (exact) mass is 142 g/mol. The van der Waals surface area contributed by atoms with Gasteiger partial charge in [0.1, 0.15) is 5.78 Å².